The average Bonchev–Trinajstić information content (AvgIpc) is 2.40. The maximum Gasteiger partial charge on any atom is 0.331 e. The van der Waals surface area contributed by atoms with E-state index in [0.29, 0.717) is 4.47 Å². The molecule has 0 atom stereocenters. The Labute approximate surface area is 130 Å². The van der Waals surface area contributed by atoms with Gasteiger partial charge in [-0.2, -0.15) is 4.98 Å². The molecule has 1 heterocycles. The summed E-state index contributed by atoms with van der Waals surface area (Å²) >= 11 is 8.75. The fourth-order valence-electron chi connectivity index (χ4n) is 1.45. The number of nitrogens with zero attached hydrogens (tertiary/aromatic N) is 3. The molecule has 0 aliphatic heterocycles. The third kappa shape index (κ3) is 3.44. The number of hydrogen-bond donors (Lipinski definition) is 0. The van der Waals surface area contributed by atoms with Crippen LogP contribution >= 0.6 is 27.5 Å². The van der Waals surface area contributed by atoms with E-state index in [1.54, 1.807) is 0 Å². The molecule has 0 fully saturated rings. The predicted octanol–water partition coefficient (Wildman–Crippen LogP) is 4.11. The van der Waals surface area contributed by atoms with Gasteiger partial charge in [0.15, 0.2) is 0 Å². The normalized spacial score (nSPS) is 10.2. The molecule has 0 saturated carbocycles. The third-order valence-electron chi connectivity index (χ3n) is 2.33. The van der Waals surface area contributed by atoms with Crippen LogP contribution < -0.4 is 4.74 Å². The zero-order chi connectivity index (χ0) is 15.6. The summed E-state index contributed by atoms with van der Waals surface area (Å²) < 4.78 is 5.67. The van der Waals surface area contributed by atoms with Crippen molar-refractivity contribution in [1.29, 1.82) is 0 Å². The van der Waals surface area contributed by atoms with Crippen LogP contribution in [-0.2, 0) is 0 Å². The number of rotatable bonds is 4. The zero-order valence-corrected chi connectivity index (χ0v) is 12.4. The summed E-state index contributed by atoms with van der Waals surface area (Å²) in [4.78, 5) is 24.2. The Balaban J connectivity index is 2.50. The Morgan fingerprint density at radius 1 is 1.10 bits per heavy atom. The van der Waals surface area contributed by atoms with E-state index < -0.39 is 21.4 Å². The molecule has 1 aromatic heterocycles. The molecule has 0 aliphatic rings. The van der Waals surface area contributed by atoms with Gasteiger partial charge in [0.2, 0.25) is 5.75 Å². The van der Waals surface area contributed by atoms with E-state index in [-0.39, 0.29) is 16.6 Å². The summed E-state index contributed by atoms with van der Waals surface area (Å²) in [5.41, 5.74) is -0.808. The van der Waals surface area contributed by atoms with Gasteiger partial charge in [-0.15, -0.1) is 0 Å². The van der Waals surface area contributed by atoms with Crippen molar-refractivity contribution in [3.05, 3.63) is 60.2 Å². The van der Waals surface area contributed by atoms with Gasteiger partial charge < -0.3 is 4.74 Å². The molecule has 0 aliphatic carbocycles. The van der Waals surface area contributed by atoms with Crippen LogP contribution in [0, 0.1) is 20.2 Å². The predicted molar refractivity (Wildman–Crippen MR) is 76.8 cm³/mol. The quantitative estimate of drug-likeness (QED) is 0.453. The van der Waals surface area contributed by atoms with Crippen molar-refractivity contribution in [2.75, 3.05) is 0 Å². The van der Waals surface area contributed by atoms with Crippen molar-refractivity contribution in [3.8, 4) is 11.6 Å². The molecule has 0 spiro atoms. The van der Waals surface area contributed by atoms with E-state index >= 15 is 0 Å². The first-order valence-electron chi connectivity index (χ1n) is 5.31. The highest BCUT2D eigenvalue weighted by atomic mass is 79.9. The van der Waals surface area contributed by atoms with Crippen molar-refractivity contribution in [3.63, 3.8) is 0 Å². The van der Waals surface area contributed by atoms with Gasteiger partial charge in [-0.3, -0.25) is 20.2 Å². The van der Waals surface area contributed by atoms with Gasteiger partial charge >= 0.3 is 17.3 Å². The Morgan fingerprint density at radius 3 is 2.38 bits per heavy atom. The van der Waals surface area contributed by atoms with Crippen molar-refractivity contribution < 1.29 is 14.6 Å². The van der Waals surface area contributed by atoms with Crippen molar-refractivity contribution in [2.45, 2.75) is 0 Å². The molecule has 8 nitrogen and oxygen atoms in total. The number of pyridine rings is 1. The summed E-state index contributed by atoms with van der Waals surface area (Å²) in [6.07, 6.45) is 0. The lowest BCUT2D eigenvalue weighted by Crippen LogP contribution is -1.98. The van der Waals surface area contributed by atoms with Crippen LogP contribution in [0.3, 0.4) is 0 Å². The monoisotopic (exact) mass is 373 g/mol. The summed E-state index contributed by atoms with van der Waals surface area (Å²) in [6, 6.07) is 6.34. The lowest BCUT2D eigenvalue weighted by molar-refractivity contribution is -0.387. The molecule has 108 valence electrons. The smallest absolute Gasteiger partial charge is 0.331 e. The van der Waals surface area contributed by atoms with Gasteiger partial charge in [-0.05, 0) is 18.2 Å². The van der Waals surface area contributed by atoms with Crippen LogP contribution in [0.5, 0.6) is 11.6 Å². The molecule has 1 aromatic carbocycles. The number of nitro groups is 2. The van der Waals surface area contributed by atoms with Crippen molar-refractivity contribution >= 4 is 38.9 Å². The topological polar surface area (TPSA) is 108 Å². The number of ether oxygens (including phenoxy) is 1. The molecule has 2 aromatic rings. The summed E-state index contributed by atoms with van der Waals surface area (Å²) in [5.74, 6) is -0.598. The molecule has 0 radical (unpaired) electrons. The minimum Gasteiger partial charge on any atom is -0.426 e. The van der Waals surface area contributed by atoms with E-state index in [1.807, 2.05) is 0 Å². The molecule has 21 heavy (non-hydrogen) atoms. The van der Waals surface area contributed by atoms with Gasteiger partial charge in [0.05, 0.1) is 9.85 Å². The number of benzene rings is 1. The molecule has 2 rings (SSSR count). The average molecular weight is 375 g/mol. The maximum atomic E-state index is 11.0. The summed E-state index contributed by atoms with van der Waals surface area (Å²) in [7, 11) is 0. The molecular formula is C11H5BrClN3O5. The standard InChI is InChI=1S/C11H5BrClN3O5/c12-6-1-3-9(8(5-6)16(19)20)21-11-7(15(17)18)2-4-10(13)14-11/h1-5H. The van der Waals surface area contributed by atoms with Gasteiger partial charge in [-0.25, -0.2) is 0 Å². The molecule has 0 saturated heterocycles. The van der Waals surface area contributed by atoms with E-state index in [9.17, 15) is 20.2 Å². The molecule has 0 amide bonds. The zero-order valence-electron chi connectivity index (χ0n) is 10.0. The van der Waals surface area contributed by atoms with Crippen LogP contribution in [-0.4, -0.2) is 14.8 Å². The van der Waals surface area contributed by atoms with Gasteiger partial charge in [0.25, 0.3) is 0 Å². The Morgan fingerprint density at radius 2 is 1.76 bits per heavy atom. The van der Waals surface area contributed by atoms with E-state index in [2.05, 4.69) is 20.9 Å². The van der Waals surface area contributed by atoms with Crippen LogP contribution in [0.2, 0.25) is 5.15 Å². The summed E-state index contributed by atoms with van der Waals surface area (Å²) in [6.45, 7) is 0. The Bertz CT molecular complexity index is 740. The lowest BCUT2D eigenvalue weighted by atomic mass is 10.3. The number of hydrogen-bond acceptors (Lipinski definition) is 6. The second-order valence-corrected chi connectivity index (χ2v) is 4.99. The van der Waals surface area contributed by atoms with Crippen LogP contribution in [0.15, 0.2) is 34.8 Å². The minimum absolute atomic E-state index is 0.0321. The first-order valence-corrected chi connectivity index (χ1v) is 6.48. The molecule has 10 heteroatoms. The fourth-order valence-corrected chi connectivity index (χ4v) is 1.94. The van der Waals surface area contributed by atoms with E-state index in [4.69, 9.17) is 16.3 Å². The van der Waals surface area contributed by atoms with Gasteiger partial charge in [0, 0.05) is 16.6 Å². The maximum absolute atomic E-state index is 11.0. The second-order valence-electron chi connectivity index (χ2n) is 3.69. The highest BCUT2D eigenvalue weighted by Crippen LogP contribution is 2.36. The first kappa shape index (κ1) is 15.1. The molecule has 0 bridgehead atoms. The number of halogens is 2. The Hall–Kier alpha value is -2.26. The van der Waals surface area contributed by atoms with Crippen molar-refractivity contribution in [1.82, 2.24) is 4.98 Å². The van der Waals surface area contributed by atoms with Crippen molar-refractivity contribution in [2.24, 2.45) is 0 Å². The number of aromatic nitrogens is 1. The fraction of sp³-hybridized carbons (Fsp3) is 0. The number of nitro benzene ring substituents is 1. The highest BCUT2D eigenvalue weighted by Gasteiger charge is 2.23. The second kappa shape index (κ2) is 6.02. The van der Waals surface area contributed by atoms with Crippen LogP contribution in [0.4, 0.5) is 11.4 Å². The van der Waals surface area contributed by atoms with Gasteiger partial charge in [0.1, 0.15) is 5.15 Å². The Kier molecular flexibility index (Phi) is 4.34. The largest absolute Gasteiger partial charge is 0.426 e. The summed E-state index contributed by atoms with van der Waals surface area (Å²) in [5, 5.41) is 21.8. The highest BCUT2D eigenvalue weighted by molar-refractivity contribution is 9.10. The van der Waals surface area contributed by atoms with E-state index in [0.717, 1.165) is 6.07 Å². The van der Waals surface area contributed by atoms with Crippen LogP contribution in [0.25, 0.3) is 0 Å². The van der Waals surface area contributed by atoms with E-state index in [1.165, 1.54) is 24.3 Å². The van der Waals surface area contributed by atoms with Crippen LogP contribution in [0.1, 0.15) is 0 Å². The molecule has 0 unspecified atom stereocenters. The molecule has 0 N–H and O–H groups in total. The minimum atomic E-state index is -0.719. The first-order chi connectivity index (χ1) is 9.88. The SMILES string of the molecule is O=[N+]([O-])c1cc(Br)ccc1Oc1nc(Cl)ccc1[N+](=O)[O-]. The lowest BCUT2D eigenvalue weighted by Gasteiger charge is -2.06. The van der Waals surface area contributed by atoms with Gasteiger partial charge in [-0.1, -0.05) is 27.5 Å². The molecular weight excluding hydrogens is 369 g/mol. The third-order valence-corrected chi connectivity index (χ3v) is 3.03.